The van der Waals surface area contributed by atoms with E-state index in [4.69, 9.17) is 4.98 Å². The van der Waals surface area contributed by atoms with Crippen LogP contribution in [0.5, 0.6) is 0 Å². The van der Waals surface area contributed by atoms with Crippen molar-refractivity contribution in [1.29, 1.82) is 0 Å². The van der Waals surface area contributed by atoms with E-state index in [1.807, 2.05) is 26.8 Å². The molecule has 0 bridgehead atoms. The normalized spacial score (nSPS) is 12.4. The highest BCUT2D eigenvalue weighted by Gasteiger charge is 2.23. The minimum atomic E-state index is -3.61. The summed E-state index contributed by atoms with van der Waals surface area (Å²) in [6.45, 7) is 13.1. The van der Waals surface area contributed by atoms with Gasteiger partial charge in [-0.3, -0.25) is 4.79 Å². The molecule has 2 aromatic heterocycles. The third kappa shape index (κ3) is 5.82. The first-order chi connectivity index (χ1) is 17.9. The number of carbonyl (C=O) groups is 1. The predicted octanol–water partition coefficient (Wildman–Crippen LogP) is 6.15. The highest BCUT2D eigenvalue weighted by atomic mass is 32.2. The molecule has 1 N–H and O–H groups in total. The van der Waals surface area contributed by atoms with Crippen LogP contribution in [0.3, 0.4) is 0 Å². The van der Waals surface area contributed by atoms with Crippen molar-refractivity contribution in [3.63, 3.8) is 0 Å². The van der Waals surface area contributed by atoms with Crippen LogP contribution in [0.1, 0.15) is 69.1 Å². The van der Waals surface area contributed by atoms with Crippen LogP contribution in [0.2, 0.25) is 0 Å². The number of amides is 1. The van der Waals surface area contributed by atoms with E-state index in [9.17, 15) is 13.2 Å². The fourth-order valence-electron chi connectivity index (χ4n) is 4.10. The average molecular weight is 554 g/mol. The molecule has 0 atom stereocenters. The Hall–Kier alpha value is -3.08. The molecule has 1 amide bonds. The lowest BCUT2D eigenvalue weighted by Gasteiger charge is -2.20. The number of nitrogens with one attached hydrogen (secondary N) is 1. The molecule has 0 spiro atoms. The fourth-order valence-corrected chi connectivity index (χ4v) is 6.56. The lowest BCUT2D eigenvalue weighted by atomic mass is 9.87. The Morgan fingerprint density at radius 1 is 1.08 bits per heavy atom. The van der Waals surface area contributed by atoms with Crippen molar-refractivity contribution in [2.24, 2.45) is 0 Å². The van der Waals surface area contributed by atoms with Crippen LogP contribution in [0.4, 0.5) is 5.82 Å². The molecule has 202 valence electrons. The molecular formula is C28H35N5O3S2. The average Bonchev–Trinajstić information content (AvgIpc) is 3.46. The number of unbranched alkanes of at least 4 members (excludes halogenated alkanes) is 1. The third-order valence-corrected chi connectivity index (χ3v) is 9.35. The molecule has 10 heteroatoms. The minimum Gasteiger partial charge on any atom is -0.306 e. The van der Waals surface area contributed by atoms with Crippen LogP contribution < -0.4 is 5.32 Å². The van der Waals surface area contributed by atoms with Gasteiger partial charge in [0.1, 0.15) is 5.82 Å². The number of hydrogen-bond acceptors (Lipinski definition) is 6. The first kappa shape index (κ1) is 27.9. The maximum absolute atomic E-state index is 13.1. The van der Waals surface area contributed by atoms with Gasteiger partial charge in [0.2, 0.25) is 15.2 Å². The number of sulfonamides is 1. The monoisotopic (exact) mass is 553 g/mol. The number of benzene rings is 2. The van der Waals surface area contributed by atoms with E-state index in [0.29, 0.717) is 29.6 Å². The summed E-state index contributed by atoms with van der Waals surface area (Å²) in [6, 6.07) is 14.1. The van der Waals surface area contributed by atoms with Gasteiger partial charge >= 0.3 is 0 Å². The van der Waals surface area contributed by atoms with Gasteiger partial charge in [-0.2, -0.15) is 14.1 Å². The maximum atomic E-state index is 13.1. The van der Waals surface area contributed by atoms with E-state index in [0.717, 1.165) is 28.8 Å². The number of nitrogens with zero attached hydrogens (tertiary/aromatic N) is 4. The summed E-state index contributed by atoms with van der Waals surface area (Å²) in [4.78, 5) is 18.0. The number of rotatable bonds is 9. The van der Waals surface area contributed by atoms with Crippen molar-refractivity contribution in [1.82, 2.24) is 19.1 Å². The van der Waals surface area contributed by atoms with E-state index < -0.39 is 10.0 Å². The van der Waals surface area contributed by atoms with Crippen LogP contribution >= 0.6 is 11.3 Å². The zero-order valence-corrected chi connectivity index (χ0v) is 24.4. The topological polar surface area (TPSA) is 97.2 Å². The number of anilines is 1. The summed E-state index contributed by atoms with van der Waals surface area (Å²) in [6.07, 6.45) is 1.71. The van der Waals surface area contributed by atoms with Gasteiger partial charge in [-0.05, 0) is 60.7 Å². The molecule has 4 aromatic rings. The zero-order valence-electron chi connectivity index (χ0n) is 22.8. The van der Waals surface area contributed by atoms with Crippen molar-refractivity contribution >= 4 is 43.3 Å². The molecule has 0 aliphatic rings. The van der Waals surface area contributed by atoms with Crippen LogP contribution in [-0.4, -0.2) is 46.5 Å². The zero-order chi connectivity index (χ0) is 27.7. The second-order valence-corrected chi connectivity index (χ2v) is 13.3. The van der Waals surface area contributed by atoms with Crippen molar-refractivity contribution in [3.8, 4) is 5.13 Å². The molecule has 0 fully saturated rings. The van der Waals surface area contributed by atoms with Crippen LogP contribution in [0.15, 0.2) is 53.4 Å². The predicted molar refractivity (Wildman–Crippen MR) is 154 cm³/mol. The number of carbonyl (C=O) groups excluding carboxylic acids is 1. The Balaban J connectivity index is 1.57. The van der Waals surface area contributed by atoms with Crippen molar-refractivity contribution in [2.45, 2.75) is 64.7 Å². The van der Waals surface area contributed by atoms with E-state index in [-0.39, 0.29) is 16.2 Å². The molecule has 4 rings (SSSR count). The Labute approximate surface area is 228 Å². The van der Waals surface area contributed by atoms with Gasteiger partial charge in [-0.1, -0.05) is 58.4 Å². The molecule has 0 saturated carbocycles. The molecule has 0 radical (unpaired) electrons. The van der Waals surface area contributed by atoms with Crippen molar-refractivity contribution in [2.75, 3.05) is 18.4 Å². The van der Waals surface area contributed by atoms with Gasteiger partial charge in [0.25, 0.3) is 5.91 Å². The van der Waals surface area contributed by atoms with Gasteiger partial charge < -0.3 is 5.32 Å². The quantitative estimate of drug-likeness (QED) is 0.268. The number of aryl methyl sites for hydroxylation is 1. The minimum absolute atomic E-state index is 0.0268. The highest BCUT2D eigenvalue weighted by Crippen LogP contribution is 2.32. The summed E-state index contributed by atoms with van der Waals surface area (Å²) in [5.74, 6) is 0.139. The molecule has 0 saturated heterocycles. The summed E-state index contributed by atoms with van der Waals surface area (Å²) in [5, 5.41) is 8.13. The first-order valence-corrected chi connectivity index (χ1v) is 15.1. The molecule has 0 aliphatic carbocycles. The Morgan fingerprint density at radius 3 is 2.42 bits per heavy atom. The fraction of sp³-hybridized carbons (Fsp3) is 0.393. The Kier molecular flexibility index (Phi) is 8.06. The van der Waals surface area contributed by atoms with E-state index in [1.54, 1.807) is 10.7 Å². The van der Waals surface area contributed by atoms with Gasteiger partial charge in [0, 0.05) is 24.7 Å². The van der Waals surface area contributed by atoms with E-state index >= 15 is 0 Å². The van der Waals surface area contributed by atoms with Crippen LogP contribution in [-0.2, 0) is 15.4 Å². The summed E-state index contributed by atoms with van der Waals surface area (Å²) in [5.41, 5.74) is 3.22. The molecule has 2 heterocycles. The maximum Gasteiger partial charge on any atom is 0.256 e. The summed E-state index contributed by atoms with van der Waals surface area (Å²) < 4.78 is 30.2. The molecule has 38 heavy (non-hydrogen) atoms. The van der Waals surface area contributed by atoms with Crippen LogP contribution in [0.25, 0.3) is 15.3 Å². The highest BCUT2D eigenvalue weighted by molar-refractivity contribution is 7.89. The van der Waals surface area contributed by atoms with Gasteiger partial charge in [-0.15, -0.1) is 0 Å². The summed E-state index contributed by atoms with van der Waals surface area (Å²) in [7, 11) is -3.61. The van der Waals surface area contributed by atoms with Crippen molar-refractivity contribution in [3.05, 3.63) is 65.4 Å². The largest absolute Gasteiger partial charge is 0.306 e. The standard InChI is InChI=1S/C28H35N5O3S2/c1-7-9-16-32(8-2)38(35,36)22-13-10-20(11-14-22)26(34)30-25-17-19(3)31-33(25)27-29-23-15-12-21(28(4,5)6)18-24(23)37-27/h10-15,17-18H,7-9,16H2,1-6H3,(H,30,34). The number of hydrogen-bond donors (Lipinski definition) is 1. The molecule has 0 aliphatic heterocycles. The number of thiazole rings is 1. The first-order valence-electron chi connectivity index (χ1n) is 12.8. The second kappa shape index (κ2) is 11.0. The SMILES string of the molecule is CCCCN(CC)S(=O)(=O)c1ccc(C(=O)Nc2cc(C)nn2-c2nc3ccc(C(C)(C)C)cc3s2)cc1. The van der Waals surface area contributed by atoms with E-state index in [2.05, 4.69) is 43.3 Å². The third-order valence-electron chi connectivity index (χ3n) is 6.37. The smallest absolute Gasteiger partial charge is 0.256 e. The second-order valence-electron chi connectivity index (χ2n) is 10.3. The van der Waals surface area contributed by atoms with Gasteiger partial charge in [0.05, 0.1) is 20.8 Å². The number of fused-ring (bicyclic) bond motifs is 1. The number of aromatic nitrogens is 3. The van der Waals surface area contributed by atoms with Gasteiger partial charge in [-0.25, -0.2) is 13.4 Å². The lowest BCUT2D eigenvalue weighted by molar-refractivity contribution is 0.102. The Bertz CT molecular complexity index is 1550. The van der Waals surface area contributed by atoms with Gasteiger partial charge in [0.15, 0.2) is 0 Å². The lowest BCUT2D eigenvalue weighted by Crippen LogP contribution is -2.31. The van der Waals surface area contributed by atoms with Crippen LogP contribution in [0, 0.1) is 6.92 Å². The van der Waals surface area contributed by atoms with Crippen molar-refractivity contribution < 1.29 is 13.2 Å². The van der Waals surface area contributed by atoms with E-state index in [1.165, 1.54) is 45.5 Å². The molecule has 2 aromatic carbocycles. The molecule has 8 nitrogen and oxygen atoms in total. The molecular weight excluding hydrogens is 518 g/mol. The molecule has 0 unspecified atom stereocenters. The Morgan fingerprint density at radius 2 is 1.79 bits per heavy atom. The summed E-state index contributed by atoms with van der Waals surface area (Å²) >= 11 is 1.51.